The number of benzene rings is 1. The quantitative estimate of drug-likeness (QED) is 0.615. The fourth-order valence-corrected chi connectivity index (χ4v) is 2.62. The second-order valence-electron chi connectivity index (χ2n) is 5.66. The molecule has 1 aromatic heterocycles. The van der Waals surface area contributed by atoms with Crippen molar-refractivity contribution in [2.75, 3.05) is 11.1 Å². The fourth-order valence-electron chi connectivity index (χ4n) is 1.94. The minimum atomic E-state index is -0.511. The molecular formula is C17H19FN4O4S. The van der Waals surface area contributed by atoms with Gasteiger partial charge in [0.05, 0.1) is 17.4 Å². The van der Waals surface area contributed by atoms with Crippen molar-refractivity contribution in [1.29, 1.82) is 0 Å². The number of rotatable bonds is 7. The molecule has 0 bridgehead atoms. The molecule has 1 atom stereocenters. The van der Waals surface area contributed by atoms with Gasteiger partial charge in [-0.15, -0.1) is 11.8 Å². The Morgan fingerprint density at radius 2 is 1.85 bits per heavy atom. The maximum Gasteiger partial charge on any atom is 0.248 e. The van der Waals surface area contributed by atoms with Crippen LogP contribution in [0.1, 0.15) is 18.2 Å². The summed E-state index contributed by atoms with van der Waals surface area (Å²) in [6.07, 6.45) is 0.00360. The third kappa shape index (κ3) is 7.10. The number of amides is 3. The Morgan fingerprint density at radius 3 is 2.48 bits per heavy atom. The van der Waals surface area contributed by atoms with E-state index in [-0.39, 0.29) is 23.9 Å². The molecule has 0 aliphatic heterocycles. The molecule has 2 rings (SSSR count). The number of nitrogens with zero attached hydrogens (tertiary/aromatic N) is 1. The topological polar surface area (TPSA) is 113 Å². The number of carbonyl (C=O) groups is 3. The first kappa shape index (κ1) is 20.4. The second-order valence-corrected chi connectivity index (χ2v) is 6.99. The molecule has 0 radical (unpaired) electrons. The third-order valence-corrected chi connectivity index (χ3v) is 4.48. The summed E-state index contributed by atoms with van der Waals surface area (Å²) in [5.74, 6) is -0.744. The molecule has 0 unspecified atom stereocenters. The van der Waals surface area contributed by atoms with Crippen LogP contribution < -0.4 is 16.2 Å². The lowest BCUT2D eigenvalue weighted by Crippen LogP contribution is -2.43. The Hall–Kier alpha value is -2.88. The summed E-state index contributed by atoms with van der Waals surface area (Å²) in [7, 11) is 0. The Balaban J connectivity index is 1.66. The summed E-state index contributed by atoms with van der Waals surface area (Å²) < 4.78 is 17.7. The molecule has 0 saturated heterocycles. The molecule has 1 aromatic carbocycles. The van der Waals surface area contributed by atoms with E-state index in [2.05, 4.69) is 21.3 Å². The predicted molar refractivity (Wildman–Crippen MR) is 98.2 cm³/mol. The lowest BCUT2D eigenvalue weighted by molar-refractivity contribution is -0.127. The molecule has 144 valence electrons. The summed E-state index contributed by atoms with van der Waals surface area (Å²) >= 11 is 1.10. The molecular weight excluding hydrogens is 375 g/mol. The summed E-state index contributed by atoms with van der Waals surface area (Å²) in [6.45, 7) is 3.35. The summed E-state index contributed by atoms with van der Waals surface area (Å²) in [4.78, 5) is 35.5. The molecule has 0 aliphatic carbocycles. The van der Waals surface area contributed by atoms with Crippen LogP contribution in [0.25, 0.3) is 0 Å². The molecule has 0 fully saturated rings. The van der Waals surface area contributed by atoms with Crippen molar-refractivity contribution < 1.29 is 23.3 Å². The molecule has 0 spiro atoms. The number of hydrogen-bond donors (Lipinski definition) is 3. The molecule has 3 N–H and O–H groups in total. The van der Waals surface area contributed by atoms with Crippen molar-refractivity contribution >= 4 is 35.3 Å². The lowest BCUT2D eigenvalue weighted by atomic mass is 10.1. The zero-order chi connectivity index (χ0) is 19.8. The molecule has 2 aromatic rings. The SMILES string of the molecule is Cc1cc(NC(=O)[C@@H](C)SCC(=O)NNC(=O)Cc2ccc(F)cc2)no1. The van der Waals surface area contributed by atoms with E-state index in [9.17, 15) is 18.8 Å². The van der Waals surface area contributed by atoms with Crippen LogP contribution in [0.3, 0.4) is 0 Å². The van der Waals surface area contributed by atoms with Crippen molar-refractivity contribution in [3.63, 3.8) is 0 Å². The first-order chi connectivity index (χ1) is 12.8. The number of aromatic nitrogens is 1. The molecule has 8 nitrogen and oxygen atoms in total. The number of halogens is 1. The van der Waals surface area contributed by atoms with E-state index in [0.29, 0.717) is 17.1 Å². The summed E-state index contributed by atoms with van der Waals surface area (Å²) in [5.41, 5.74) is 5.16. The summed E-state index contributed by atoms with van der Waals surface area (Å²) in [5, 5.41) is 5.72. The van der Waals surface area contributed by atoms with E-state index in [1.807, 2.05) is 0 Å². The van der Waals surface area contributed by atoms with E-state index in [4.69, 9.17) is 4.52 Å². The number of hydrogen-bond acceptors (Lipinski definition) is 6. The fraction of sp³-hybridized carbons (Fsp3) is 0.294. The van der Waals surface area contributed by atoms with Gasteiger partial charge in [-0.2, -0.15) is 0 Å². The van der Waals surface area contributed by atoms with Crippen LogP contribution in [-0.4, -0.2) is 33.9 Å². The van der Waals surface area contributed by atoms with Gasteiger partial charge in [-0.25, -0.2) is 4.39 Å². The van der Waals surface area contributed by atoms with E-state index < -0.39 is 17.1 Å². The van der Waals surface area contributed by atoms with Gasteiger partial charge in [-0.3, -0.25) is 25.2 Å². The molecule has 27 heavy (non-hydrogen) atoms. The average molecular weight is 394 g/mol. The van der Waals surface area contributed by atoms with Crippen molar-refractivity contribution in [2.24, 2.45) is 0 Å². The van der Waals surface area contributed by atoms with E-state index >= 15 is 0 Å². The zero-order valence-electron chi connectivity index (χ0n) is 14.7. The normalized spacial score (nSPS) is 11.5. The first-order valence-electron chi connectivity index (χ1n) is 8.01. The Labute approximate surface area is 159 Å². The van der Waals surface area contributed by atoms with Crippen LogP contribution in [0.4, 0.5) is 10.2 Å². The zero-order valence-corrected chi connectivity index (χ0v) is 15.6. The first-order valence-corrected chi connectivity index (χ1v) is 9.06. The van der Waals surface area contributed by atoms with E-state index in [1.165, 1.54) is 24.3 Å². The minimum absolute atomic E-state index is 0.00360. The van der Waals surface area contributed by atoms with Crippen LogP contribution in [0.2, 0.25) is 0 Å². The smallest absolute Gasteiger partial charge is 0.248 e. The average Bonchev–Trinajstić information content (AvgIpc) is 3.04. The number of nitrogens with one attached hydrogen (secondary N) is 3. The van der Waals surface area contributed by atoms with Gasteiger partial charge < -0.3 is 9.84 Å². The number of aryl methyl sites for hydroxylation is 1. The van der Waals surface area contributed by atoms with Gasteiger partial charge in [0.2, 0.25) is 17.7 Å². The Bertz CT molecular complexity index is 810. The van der Waals surface area contributed by atoms with Gasteiger partial charge in [-0.1, -0.05) is 17.3 Å². The Kier molecular flexibility index (Phi) is 7.35. The van der Waals surface area contributed by atoms with Crippen molar-refractivity contribution in [1.82, 2.24) is 16.0 Å². The Morgan fingerprint density at radius 1 is 1.19 bits per heavy atom. The second kappa shape index (κ2) is 9.72. The van der Waals surface area contributed by atoms with Gasteiger partial charge in [0.15, 0.2) is 5.82 Å². The monoisotopic (exact) mass is 394 g/mol. The maximum atomic E-state index is 12.8. The van der Waals surface area contributed by atoms with Gasteiger partial charge >= 0.3 is 0 Å². The number of thioether (sulfide) groups is 1. The van der Waals surface area contributed by atoms with E-state index in [1.54, 1.807) is 19.9 Å². The van der Waals surface area contributed by atoms with Crippen molar-refractivity contribution in [3.8, 4) is 0 Å². The lowest BCUT2D eigenvalue weighted by Gasteiger charge is -2.11. The standard InChI is InChI=1S/C17H19FN4O4S/c1-10-7-14(22-26-10)19-17(25)11(2)27-9-16(24)21-20-15(23)8-12-3-5-13(18)6-4-12/h3-7,11H,8-9H2,1-2H3,(H,20,23)(H,21,24)(H,19,22,25)/t11-/m1/s1. The van der Waals surface area contributed by atoms with Crippen LogP contribution in [0, 0.1) is 12.7 Å². The van der Waals surface area contributed by atoms with Crippen LogP contribution in [0.15, 0.2) is 34.9 Å². The predicted octanol–water partition coefficient (Wildman–Crippen LogP) is 1.57. The largest absolute Gasteiger partial charge is 0.360 e. The highest BCUT2D eigenvalue weighted by Gasteiger charge is 2.17. The minimum Gasteiger partial charge on any atom is -0.360 e. The van der Waals surface area contributed by atoms with Gasteiger partial charge in [0.25, 0.3) is 0 Å². The number of anilines is 1. The van der Waals surface area contributed by atoms with E-state index in [0.717, 1.165) is 11.8 Å². The highest BCUT2D eigenvalue weighted by atomic mass is 32.2. The summed E-state index contributed by atoms with van der Waals surface area (Å²) in [6, 6.07) is 7.07. The highest BCUT2D eigenvalue weighted by Crippen LogP contribution is 2.14. The van der Waals surface area contributed by atoms with Crippen molar-refractivity contribution in [2.45, 2.75) is 25.5 Å². The molecule has 10 heteroatoms. The van der Waals surface area contributed by atoms with Gasteiger partial charge in [0, 0.05) is 6.07 Å². The van der Waals surface area contributed by atoms with Gasteiger partial charge in [0.1, 0.15) is 11.6 Å². The number of hydrazine groups is 1. The molecule has 3 amide bonds. The van der Waals surface area contributed by atoms with Crippen LogP contribution in [0.5, 0.6) is 0 Å². The van der Waals surface area contributed by atoms with Crippen LogP contribution >= 0.6 is 11.8 Å². The molecule has 0 aliphatic rings. The number of carbonyl (C=O) groups excluding carboxylic acids is 3. The molecule has 0 saturated carbocycles. The highest BCUT2D eigenvalue weighted by molar-refractivity contribution is 8.01. The maximum absolute atomic E-state index is 12.8. The van der Waals surface area contributed by atoms with Crippen LogP contribution in [-0.2, 0) is 20.8 Å². The third-order valence-electron chi connectivity index (χ3n) is 3.33. The molecule has 1 heterocycles. The van der Waals surface area contributed by atoms with Gasteiger partial charge in [-0.05, 0) is 31.5 Å². The van der Waals surface area contributed by atoms with Crippen molar-refractivity contribution in [3.05, 3.63) is 47.5 Å².